The number of carbonyl (C=O) groups excluding carboxylic acids is 6. The second kappa shape index (κ2) is 21.1. The second-order valence-electron chi connectivity index (χ2n) is 22.4. The van der Waals surface area contributed by atoms with E-state index in [1.54, 1.807) is 89.4 Å². The quantitative estimate of drug-likeness (QED) is 0.0443. The Morgan fingerprint density at radius 3 is 2.15 bits per heavy atom. The summed E-state index contributed by atoms with van der Waals surface area (Å²) in [5.74, 6) is -7.09. The summed E-state index contributed by atoms with van der Waals surface area (Å²) in [4.78, 5) is 88.9. The normalized spacial score (nSPS) is 31.4. The Labute approximate surface area is 439 Å². The molecule has 0 radical (unpaired) electrons. The molecule has 17 nitrogen and oxygen atoms in total. The molecule has 1 aromatic heterocycles. The SMILES string of the molecule is CC[Si](CC)(CC)O[C@H]1C[C@H]2OC[C@@]2(OC(C)=O)C2[C@H](OC(=O)c3ccccc3)[C@]3(O)C[C@H](OC(=O)[C@H](OC(C)(C)OC)[C@@H](NC(=O)OC4CCC4)c4cccs4)C(C)=C([C@@H](OC(=O)C4CC4)C(=O)[C@@]21C)C3(C)C. The van der Waals surface area contributed by atoms with Crippen molar-refractivity contribution in [3.05, 3.63) is 69.4 Å². The van der Waals surface area contributed by atoms with Crippen molar-refractivity contribution in [1.82, 2.24) is 5.32 Å². The van der Waals surface area contributed by atoms with Crippen LogP contribution in [-0.2, 0) is 61.5 Å². The van der Waals surface area contributed by atoms with Crippen molar-refractivity contribution in [2.75, 3.05) is 13.7 Å². The van der Waals surface area contributed by atoms with Gasteiger partial charge in [0.15, 0.2) is 37.7 Å². The highest BCUT2D eigenvalue weighted by molar-refractivity contribution is 7.10. The van der Waals surface area contributed by atoms with Crippen LogP contribution in [0.4, 0.5) is 4.79 Å². The fourth-order valence-electron chi connectivity index (χ4n) is 12.2. The van der Waals surface area contributed by atoms with E-state index in [2.05, 4.69) is 26.1 Å². The largest absolute Gasteiger partial charge is 0.456 e. The molecule has 4 saturated carbocycles. The lowest BCUT2D eigenvalue weighted by molar-refractivity contribution is -0.344. The van der Waals surface area contributed by atoms with Crippen molar-refractivity contribution in [3.63, 3.8) is 0 Å². The van der Waals surface area contributed by atoms with Gasteiger partial charge >= 0.3 is 30.0 Å². The molecular formula is C55H75NO16SSi. The van der Waals surface area contributed by atoms with Crippen LogP contribution in [0.25, 0.3) is 0 Å². The Bertz CT molecular complexity index is 2460. The van der Waals surface area contributed by atoms with Crippen LogP contribution in [0.1, 0.15) is 135 Å². The molecule has 5 aliphatic carbocycles. The number of methoxy groups -OCH3 is 1. The molecule has 406 valence electrons. The third-order valence-corrected chi connectivity index (χ3v) is 23.1. The Kier molecular flexibility index (Phi) is 15.9. The lowest BCUT2D eigenvalue weighted by atomic mass is 9.44. The Morgan fingerprint density at radius 2 is 1.61 bits per heavy atom. The summed E-state index contributed by atoms with van der Waals surface area (Å²) < 4.78 is 57.9. The van der Waals surface area contributed by atoms with Gasteiger partial charge in [0, 0.05) is 37.2 Å². The zero-order valence-corrected chi connectivity index (χ0v) is 46.5. The van der Waals surface area contributed by atoms with Crippen molar-refractivity contribution in [2.24, 2.45) is 22.7 Å². The van der Waals surface area contributed by atoms with E-state index >= 15 is 9.59 Å². The van der Waals surface area contributed by atoms with Gasteiger partial charge in [0.05, 0.1) is 35.5 Å². The predicted molar refractivity (Wildman–Crippen MR) is 272 cm³/mol. The minimum atomic E-state index is -2.65. The minimum Gasteiger partial charge on any atom is -0.456 e. The third-order valence-electron chi connectivity index (χ3n) is 17.5. The van der Waals surface area contributed by atoms with Gasteiger partial charge in [-0.25, -0.2) is 14.4 Å². The molecule has 2 heterocycles. The standard InChI is InChI=1S/C55H75NO16SSi/c1-12-74(13-2,14-3)72-38-28-39-54(30-65-39,70-32(5)57)44-46(69-48(60)33-20-16-15-17-21-33)55(63)29-36(31(4)40(51(55,6)7)42(45(58)53(38,44)10)68-47(59)34-25-26-34)67-49(61)43(71-52(8,9)64-11)41(37-24-19-27-73-37)56-50(62)66-35-22-18-23-35/h15-17,19-21,24,27,34-36,38-39,41-44,46,63H,12-14,18,22-23,25-26,28-30H2,1-11H3,(H,56,62)/t36-,38-,39+,41-,42+,43+,44?,46-,53+,54-,55+/m0/s1. The van der Waals surface area contributed by atoms with Gasteiger partial charge in [-0.3, -0.25) is 14.4 Å². The van der Waals surface area contributed by atoms with Gasteiger partial charge in [0.1, 0.15) is 36.1 Å². The highest BCUT2D eigenvalue weighted by Gasteiger charge is 2.79. The van der Waals surface area contributed by atoms with Gasteiger partial charge in [0.25, 0.3) is 0 Å². The highest BCUT2D eigenvalue weighted by atomic mass is 32.1. The number of amides is 1. The van der Waals surface area contributed by atoms with E-state index in [1.807, 2.05) is 0 Å². The fraction of sp³-hybridized carbons (Fsp3) is 0.673. The number of fused-ring (bicyclic) bond motifs is 5. The van der Waals surface area contributed by atoms with Crippen molar-refractivity contribution >= 4 is 55.4 Å². The molecule has 2 N–H and O–H groups in total. The summed E-state index contributed by atoms with van der Waals surface area (Å²) in [5, 5.41) is 19.0. The van der Waals surface area contributed by atoms with Gasteiger partial charge in [-0.05, 0) is 113 Å². The van der Waals surface area contributed by atoms with Gasteiger partial charge in [-0.2, -0.15) is 0 Å². The Hall–Kier alpha value is -4.50. The first-order chi connectivity index (χ1) is 34.9. The van der Waals surface area contributed by atoms with E-state index in [9.17, 15) is 24.3 Å². The molecule has 1 saturated heterocycles. The number of benzene rings is 1. The molecule has 74 heavy (non-hydrogen) atoms. The summed E-state index contributed by atoms with van der Waals surface area (Å²) in [6, 6.07) is 12.6. The number of thiophene rings is 1. The summed E-state index contributed by atoms with van der Waals surface area (Å²) in [6.07, 6.45) is -6.33. The maximum Gasteiger partial charge on any atom is 0.408 e. The maximum absolute atomic E-state index is 16.7. The number of alkyl carbamates (subject to hydrolysis) is 1. The lowest BCUT2D eigenvalue weighted by Crippen LogP contribution is -2.82. The summed E-state index contributed by atoms with van der Waals surface area (Å²) in [6.45, 7) is 17.1. The van der Waals surface area contributed by atoms with Crippen LogP contribution in [0.3, 0.4) is 0 Å². The number of rotatable bonds is 19. The van der Waals surface area contributed by atoms with E-state index < -0.39 is 133 Å². The third kappa shape index (κ3) is 10.0. The molecule has 11 atom stereocenters. The van der Waals surface area contributed by atoms with E-state index in [0.717, 1.165) is 6.42 Å². The van der Waals surface area contributed by atoms with Crippen molar-refractivity contribution in [2.45, 2.75) is 198 Å². The maximum atomic E-state index is 16.7. The second-order valence-corrected chi connectivity index (χ2v) is 28.1. The van der Waals surface area contributed by atoms with Crippen LogP contribution in [0.15, 0.2) is 59.0 Å². The monoisotopic (exact) mass is 1070 g/mol. The number of hydrogen-bond donors (Lipinski definition) is 2. The number of ether oxygens (including phenoxy) is 8. The zero-order chi connectivity index (χ0) is 53.8. The van der Waals surface area contributed by atoms with Crippen molar-refractivity contribution in [3.8, 4) is 0 Å². The Balaban J connectivity index is 1.35. The predicted octanol–water partition coefficient (Wildman–Crippen LogP) is 8.47. The van der Waals surface area contributed by atoms with E-state index in [4.69, 9.17) is 42.3 Å². The zero-order valence-electron chi connectivity index (χ0n) is 44.6. The first-order valence-corrected chi connectivity index (χ1v) is 29.7. The number of nitrogens with one attached hydrogen (secondary N) is 1. The molecule has 1 unspecified atom stereocenters. The van der Waals surface area contributed by atoms with Crippen LogP contribution in [0, 0.1) is 22.7 Å². The number of Topliss-reactive ketones (excluding diaryl/α,β-unsaturated/α-hetero) is 1. The number of aliphatic hydroxyl groups is 1. The van der Waals surface area contributed by atoms with Crippen LogP contribution in [0.5, 0.6) is 0 Å². The molecule has 8 rings (SSSR count). The highest BCUT2D eigenvalue weighted by Crippen LogP contribution is 2.65. The van der Waals surface area contributed by atoms with E-state index in [1.165, 1.54) is 25.4 Å². The van der Waals surface area contributed by atoms with Crippen LogP contribution >= 0.6 is 11.3 Å². The molecule has 6 aliphatic rings. The first-order valence-electron chi connectivity index (χ1n) is 26.3. The van der Waals surface area contributed by atoms with E-state index in [0.29, 0.717) is 54.3 Å². The van der Waals surface area contributed by atoms with Crippen LogP contribution < -0.4 is 5.32 Å². The number of hydrogen-bond acceptors (Lipinski definition) is 17. The topological polar surface area (TPSA) is 218 Å². The fourth-order valence-corrected chi connectivity index (χ4v) is 16.0. The van der Waals surface area contributed by atoms with Crippen LogP contribution in [0.2, 0.25) is 18.1 Å². The minimum absolute atomic E-state index is 0.0936. The molecule has 1 amide bonds. The first kappa shape index (κ1) is 55.7. The summed E-state index contributed by atoms with van der Waals surface area (Å²) >= 11 is 1.26. The van der Waals surface area contributed by atoms with Gasteiger partial charge < -0.3 is 52.7 Å². The average Bonchev–Trinajstić information content (AvgIpc) is 4.07. The molecule has 5 fully saturated rings. The Morgan fingerprint density at radius 1 is 0.932 bits per heavy atom. The molecule has 2 aromatic rings. The summed E-state index contributed by atoms with van der Waals surface area (Å²) in [7, 11) is -1.25. The average molecular weight is 1070 g/mol. The number of carbonyl (C=O) groups is 6. The molecular weight excluding hydrogens is 991 g/mol. The van der Waals surface area contributed by atoms with E-state index in [-0.39, 0.29) is 30.3 Å². The van der Waals surface area contributed by atoms with Crippen molar-refractivity contribution in [1.29, 1.82) is 0 Å². The van der Waals surface area contributed by atoms with Crippen LogP contribution in [-0.4, -0.2) is 123 Å². The summed E-state index contributed by atoms with van der Waals surface area (Å²) in [5.41, 5.74) is -6.90. The molecule has 1 aliphatic heterocycles. The van der Waals surface area contributed by atoms with Crippen molar-refractivity contribution < 1.29 is 76.2 Å². The smallest absolute Gasteiger partial charge is 0.408 e. The molecule has 1 aromatic carbocycles. The lowest BCUT2D eigenvalue weighted by Gasteiger charge is -2.68. The number of esters is 4. The molecule has 0 spiro atoms. The molecule has 2 bridgehead atoms. The van der Waals surface area contributed by atoms with Gasteiger partial charge in [-0.15, -0.1) is 11.3 Å². The van der Waals surface area contributed by atoms with Gasteiger partial charge in [0.2, 0.25) is 0 Å². The van der Waals surface area contributed by atoms with Gasteiger partial charge in [-0.1, -0.05) is 58.9 Å². The molecule has 19 heteroatoms. The number of ketones is 1.